The van der Waals surface area contributed by atoms with Crippen LogP contribution in [0.2, 0.25) is 19.1 Å². The number of hydrogen-bond donors (Lipinski definition) is 0. The second kappa shape index (κ2) is 9.91. The molecule has 34 heavy (non-hydrogen) atoms. The van der Waals surface area contributed by atoms with Crippen molar-refractivity contribution in [3.05, 3.63) is 42.5 Å². The lowest BCUT2D eigenvalue weighted by Crippen LogP contribution is -2.41. The van der Waals surface area contributed by atoms with Crippen molar-refractivity contribution in [2.75, 3.05) is 0 Å². The van der Waals surface area contributed by atoms with Crippen molar-refractivity contribution in [2.45, 2.75) is 110 Å². The van der Waals surface area contributed by atoms with E-state index in [1.807, 2.05) is 0 Å². The predicted molar refractivity (Wildman–Crippen MR) is 151 cm³/mol. The maximum absolute atomic E-state index is 4.64. The molecule has 188 valence electrons. The van der Waals surface area contributed by atoms with Crippen LogP contribution in [0.15, 0.2) is 42.5 Å². The summed E-state index contributed by atoms with van der Waals surface area (Å²) in [6.45, 7) is 15.2. The number of allylic oxidation sites excluding steroid dienone is 1. The Morgan fingerprint density at radius 3 is 1.97 bits per heavy atom. The van der Waals surface area contributed by atoms with Crippen LogP contribution in [0.25, 0.3) is 0 Å². The SMILES string of the molecule is C=C(CC1CCC(C(C)(C)C2C3CCCCC3C3CCCCC32)C1)C[Si](C)(C)c1ccccc1. The van der Waals surface area contributed by atoms with Crippen LogP contribution in [0.3, 0.4) is 0 Å². The van der Waals surface area contributed by atoms with Gasteiger partial charge in [0.1, 0.15) is 0 Å². The molecule has 0 N–H and O–H groups in total. The highest BCUT2D eigenvalue weighted by molar-refractivity contribution is 6.90. The summed E-state index contributed by atoms with van der Waals surface area (Å²) in [6, 6.07) is 12.6. The van der Waals surface area contributed by atoms with Crippen LogP contribution in [0.4, 0.5) is 0 Å². The first-order chi connectivity index (χ1) is 16.3. The summed E-state index contributed by atoms with van der Waals surface area (Å²) in [5.74, 6) is 7.14. The zero-order chi connectivity index (χ0) is 23.9. The van der Waals surface area contributed by atoms with Crippen molar-refractivity contribution in [1.29, 1.82) is 0 Å². The fourth-order valence-electron chi connectivity index (χ4n) is 10.1. The molecule has 1 heteroatoms. The topological polar surface area (TPSA) is 0 Å². The van der Waals surface area contributed by atoms with Crippen LogP contribution in [-0.2, 0) is 0 Å². The van der Waals surface area contributed by atoms with E-state index in [-0.39, 0.29) is 0 Å². The Hall–Kier alpha value is -0.823. The molecule has 4 aliphatic rings. The second-order valence-corrected chi connectivity index (χ2v) is 19.0. The maximum Gasteiger partial charge on any atom is 0.0845 e. The lowest BCUT2D eigenvalue weighted by Gasteiger charge is -2.46. The Morgan fingerprint density at radius 1 is 0.824 bits per heavy atom. The van der Waals surface area contributed by atoms with Gasteiger partial charge in [-0.3, -0.25) is 0 Å². The first-order valence-electron chi connectivity index (χ1n) is 15.0. The van der Waals surface area contributed by atoms with Gasteiger partial charge in [0.2, 0.25) is 0 Å². The van der Waals surface area contributed by atoms with Gasteiger partial charge in [-0.25, -0.2) is 0 Å². The smallest absolute Gasteiger partial charge is 0.0845 e. The van der Waals surface area contributed by atoms with Gasteiger partial charge in [0.25, 0.3) is 0 Å². The highest BCUT2D eigenvalue weighted by Crippen LogP contribution is 2.64. The molecule has 6 atom stereocenters. The molecule has 0 nitrogen and oxygen atoms in total. The summed E-state index contributed by atoms with van der Waals surface area (Å²) in [4.78, 5) is 0. The molecular formula is C33H52Si. The minimum absolute atomic E-state index is 0.533. The quantitative estimate of drug-likeness (QED) is 0.272. The van der Waals surface area contributed by atoms with Crippen molar-refractivity contribution in [3.63, 3.8) is 0 Å². The number of fused-ring (bicyclic) bond motifs is 3. The van der Waals surface area contributed by atoms with Crippen molar-refractivity contribution in [1.82, 2.24) is 0 Å². The van der Waals surface area contributed by atoms with Crippen LogP contribution in [0, 0.1) is 46.8 Å². The lowest BCUT2D eigenvalue weighted by atomic mass is 9.59. The van der Waals surface area contributed by atoms with Crippen LogP contribution >= 0.6 is 0 Å². The Bertz CT molecular complexity index is 813. The van der Waals surface area contributed by atoms with E-state index >= 15 is 0 Å². The zero-order valence-electron chi connectivity index (χ0n) is 22.8. The molecule has 0 bridgehead atoms. The molecule has 0 aliphatic heterocycles. The molecule has 4 fully saturated rings. The number of rotatable bonds is 7. The Kier molecular flexibility index (Phi) is 7.24. The van der Waals surface area contributed by atoms with E-state index < -0.39 is 8.07 Å². The summed E-state index contributed by atoms with van der Waals surface area (Å²) in [6.07, 6.45) is 18.0. The van der Waals surface area contributed by atoms with Gasteiger partial charge in [0.05, 0.1) is 8.07 Å². The number of hydrogen-bond acceptors (Lipinski definition) is 0. The minimum atomic E-state index is -1.43. The molecule has 4 aliphatic carbocycles. The molecule has 0 spiro atoms. The summed E-state index contributed by atoms with van der Waals surface area (Å²) in [5.41, 5.74) is 2.08. The van der Waals surface area contributed by atoms with E-state index in [2.05, 4.69) is 63.9 Å². The lowest BCUT2D eigenvalue weighted by molar-refractivity contribution is 0.0295. The Balaban J connectivity index is 1.23. The first-order valence-corrected chi connectivity index (χ1v) is 18.2. The van der Waals surface area contributed by atoms with Gasteiger partial charge < -0.3 is 0 Å². The van der Waals surface area contributed by atoms with Gasteiger partial charge in [-0.1, -0.05) is 93.7 Å². The third-order valence-corrected chi connectivity index (χ3v) is 14.8. The van der Waals surface area contributed by atoms with Crippen molar-refractivity contribution in [3.8, 4) is 0 Å². The fourth-order valence-corrected chi connectivity index (χ4v) is 12.8. The molecule has 0 saturated heterocycles. The third kappa shape index (κ3) is 4.77. The van der Waals surface area contributed by atoms with E-state index in [9.17, 15) is 0 Å². The summed E-state index contributed by atoms with van der Waals surface area (Å²) < 4.78 is 0. The Labute approximate surface area is 212 Å². The summed E-state index contributed by atoms with van der Waals surface area (Å²) >= 11 is 0. The molecule has 1 aromatic rings. The maximum atomic E-state index is 4.64. The van der Waals surface area contributed by atoms with Gasteiger partial charge in [-0.05, 0) is 104 Å². The average molecular weight is 477 g/mol. The fraction of sp³-hybridized carbons (Fsp3) is 0.758. The minimum Gasteiger partial charge on any atom is -0.100 e. The largest absolute Gasteiger partial charge is 0.100 e. The molecular weight excluding hydrogens is 424 g/mol. The van der Waals surface area contributed by atoms with E-state index in [1.165, 1.54) is 57.4 Å². The van der Waals surface area contributed by atoms with E-state index in [4.69, 9.17) is 0 Å². The van der Waals surface area contributed by atoms with Crippen molar-refractivity contribution in [2.24, 2.45) is 46.8 Å². The molecule has 0 heterocycles. The predicted octanol–water partition coefficient (Wildman–Crippen LogP) is 9.23. The Morgan fingerprint density at radius 2 is 1.38 bits per heavy atom. The summed E-state index contributed by atoms with van der Waals surface area (Å²) in [5, 5.41) is 1.59. The summed E-state index contributed by atoms with van der Waals surface area (Å²) in [7, 11) is -1.43. The van der Waals surface area contributed by atoms with Gasteiger partial charge in [0, 0.05) is 0 Å². The average Bonchev–Trinajstić information content (AvgIpc) is 3.42. The molecule has 0 aromatic heterocycles. The van der Waals surface area contributed by atoms with E-state index in [0.29, 0.717) is 5.41 Å². The molecule has 0 radical (unpaired) electrons. The van der Waals surface area contributed by atoms with E-state index in [1.54, 1.807) is 36.4 Å². The molecule has 6 unspecified atom stereocenters. The van der Waals surface area contributed by atoms with Gasteiger partial charge in [-0.15, -0.1) is 6.58 Å². The normalized spacial score (nSPS) is 36.2. The first kappa shape index (κ1) is 24.9. The molecule has 1 aromatic carbocycles. The highest BCUT2D eigenvalue weighted by atomic mass is 28.3. The van der Waals surface area contributed by atoms with E-state index in [0.717, 1.165) is 41.4 Å². The van der Waals surface area contributed by atoms with Crippen molar-refractivity contribution < 1.29 is 0 Å². The number of benzene rings is 1. The standard InChI is InChI=1S/C33H52Si/c1-24(23-34(4,5)27-13-7-6-8-14-27)21-25-19-20-26(22-25)33(2,3)32-30-17-11-9-15-28(30)29-16-10-12-18-31(29)32/h6-8,13-14,25-26,28-32H,1,9-12,15-23H2,2-5H3. The van der Waals surface area contributed by atoms with Crippen LogP contribution in [0.5, 0.6) is 0 Å². The van der Waals surface area contributed by atoms with Crippen LogP contribution in [-0.4, -0.2) is 8.07 Å². The van der Waals surface area contributed by atoms with Crippen molar-refractivity contribution >= 4 is 13.3 Å². The molecule has 4 saturated carbocycles. The van der Waals surface area contributed by atoms with Gasteiger partial charge >= 0.3 is 0 Å². The monoisotopic (exact) mass is 476 g/mol. The van der Waals surface area contributed by atoms with Crippen LogP contribution < -0.4 is 5.19 Å². The second-order valence-electron chi connectivity index (χ2n) is 14.3. The highest BCUT2D eigenvalue weighted by Gasteiger charge is 2.57. The van der Waals surface area contributed by atoms with Gasteiger partial charge in [-0.2, -0.15) is 0 Å². The zero-order valence-corrected chi connectivity index (χ0v) is 23.8. The molecule has 5 rings (SSSR count). The third-order valence-electron chi connectivity index (χ3n) is 11.5. The molecule has 0 amide bonds. The van der Waals surface area contributed by atoms with Gasteiger partial charge in [0.15, 0.2) is 0 Å². The van der Waals surface area contributed by atoms with Crippen LogP contribution in [0.1, 0.15) is 90.9 Å².